The summed E-state index contributed by atoms with van der Waals surface area (Å²) in [6, 6.07) is 7.98. The lowest BCUT2D eigenvalue weighted by Crippen LogP contribution is -2.56. The Hall–Kier alpha value is -3.52. The molecule has 1 aromatic heterocycles. The number of nitrogens with zero attached hydrogens (tertiary/aromatic N) is 1. The van der Waals surface area contributed by atoms with E-state index >= 15 is 0 Å². The van der Waals surface area contributed by atoms with Crippen molar-refractivity contribution >= 4 is 36.5 Å². The molecule has 1 saturated heterocycles. The van der Waals surface area contributed by atoms with Crippen molar-refractivity contribution in [3.63, 3.8) is 0 Å². The lowest BCUT2D eigenvalue weighted by molar-refractivity contribution is -0.134. The summed E-state index contributed by atoms with van der Waals surface area (Å²) in [5, 5.41) is 26.9. The van der Waals surface area contributed by atoms with E-state index in [1.165, 1.54) is 7.11 Å². The molecule has 1 unspecified atom stereocenters. The molecule has 160 valence electrons. The van der Waals surface area contributed by atoms with E-state index in [1.54, 1.807) is 24.3 Å². The van der Waals surface area contributed by atoms with Gasteiger partial charge in [-0.1, -0.05) is 6.07 Å². The highest BCUT2D eigenvalue weighted by molar-refractivity contribution is 6.15. The van der Waals surface area contributed by atoms with Crippen LogP contribution in [0.3, 0.4) is 0 Å². The zero-order valence-electron chi connectivity index (χ0n) is 16.9. The van der Waals surface area contributed by atoms with E-state index in [2.05, 4.69) is 20.9 Å². The first kappa shape index (κ1) is 22.2. The van der Waals surface area contributed by atoms with Crippen molar-refractivity contribution in [1.29, 1.82) is 5.26 Å². The van der Waals surface area contributed by atoms with Crippen LogP contribution >= 0.6 is 0 Å². The zero-order valence-corrected chi connectivity index (χ0v) is 16.9. The molecule has 0 bridgehead atoms. The summed E-state index contributed by atoms with van der Waals surface area (Å²) in [4.78, 5) is 39.5. The van der Waals surface area contributed by atoms with Gasteiger partial charge in [-0.05, 0) is 37.5 Å². The second kappa shape index (κ2) is 9.10. The molecule has 1 fully saturated rings. The van der Waals surface area contributed by atoms with Crippen LogP contribution in [0, 0.1) is 17.2 Å². The highest BCUT2D eigenvalue weighted by atomic mass is 16.5. The van der Waals surface area contributed by atoms with Crippen LogP contribution in [0.5, 0.6) is 5.75 Å². The summed E-state index contributed by atoms with van der Waals surface area (Å²) in [5.41, 5.74) is -0.776. The van der Waals surface area contributed by atoms with Crippen LogP contribution in [-0.2, 0) is 9.59 Å². The summed E-state index contributed by atoms with van der Waals surface area (Å²) < 4.78 is 5.26. The normalized spacial score (nSPS) is 21.6. The van der Waals surface area contributed by atoms with Crippen molar-refractivity contribution in [2.45, 2.75) is 30.9 Å². The number of amides is 3. The molecule has 2 aromatic rings. The lowest BCUT2D eigenvalue weighted by atomic mass is 9.78. The molecule has 2 radical (unpaired) electrons. The molecule has 0 aliphatic carbocycles. The molecule has 1 aromatic carbocycles. The summed E-state index contributed by atoms with van der Waals surface area (Å²) in [6.07, 6.45) is 0.494. The van der Waals surface area contributed by atoms with Crippen molar-refractivity contribution in [1.82, 2.24) is 20.9 Å². The number of aromatic nitrogens is 1. The van der Waals surface area contributed by atoms with Gasteiger partial charge in [0, 0.05) is 16.8 Å². The number of aliphatic hydroxyl groups is 1. The second-order valence-electron chi connectivity index (χ2n) is 7.42. The van der Waals surface area contributed by atoms with Crippen LogP contribution in [0.4, 0.5) is 0 Å². The number of ether oxygens (including phenoxy) is 1. The first-order valence-corrected chi connectivity index (χ1v) is 9.68. The minimum absolute atomic E-state index is 0.0694. The molecule has 0 spiro atoms. The second-order valence-corrected chi connectivity index (χ2v) is 7.42. The first-order valence-electron chi connectivity index (χ1n) is 9.68. The van der Waals surface area contributed by atoms with Gasteiger partial charge in [0.1, 0.15) is 25.3 Å². The van der Waals surface area contributed by atoms with Gasteiger partial charge in [-0.2, -0.15) is 5.26 Å². The monoisotopic (exact) mass is 423 g/mol. The predicted molar refractivity (Wildman–Crippen MR) is 111 cm³/mol. The molecule has 1 aliphatic rings. The van der Waals surface area contributed by atoms with Crippen LogP contribution in [0.2, 0.25) is 0 Å². The third-order valence-electron chi connectivity index (χ3n) is 5.09. The molecule has 3 amide bonds. The van der Waals surface area contributed by atoms with E-state index in [4.69, 9.17) is 12.6 Å². The van der Waals surface area contributed by atoms with Crippen LogP contribution in [0.25, 0.3) is 10.9 Å². The topological polar surface area (TPSA) is 156 Å². The Morgan fingerprint density at radius 3 is 2.94 bits per heavy atom. The molecular formula is C20H22BN5O5. The fraction of sp³-hybridized carbons (Fsp3) is 0.400. The Morgan fingerprint density at radius 2 is 2.26 bits per heavy atom. The number of fused-ring (bicyclic) bond motifs is 1. The number of aromatic amines is 1. The van der Waals surface area contributed by atoms with Crippen LogP contribution in [0.15, 0.2) is 24.3 Å². The van der Waals surface area contributed by atoms with Gasteiger partial charge in [-0.3, -0.25) is 14.4 Å². The van der Waals surface area contributed by atoms with Crippen LogP contribution in [0.1, 0.15) is 29.8 Å². The van der Waals surface area contributed by atoms with E-state index in [1.807, 2.05) is 6.07 Å². The smallest absolute Gasteiger partial charge is 0.268 e. The van der Waals surface area contributed by atoms with Gasteiger partial charge in [0.15, 0.2) is 0 Å². The SMILES string of the molecule is [B]C1(O)CC[C@@H](C[C@@H](C#N)NC(=O)CNC(=O)c2cc3c(OC)cccc3[nH]2)C(=O)N1. The van der Waals surface area contributed by atoms with E-state index in [9.17, 15) is 24.8 Å². The zero-order chi connectivity index (χ0) is 22.6. The molecule has 3 atom stereocenters. The van der Waals surface area contributed by atoms with Crippen molar-refractivity contribution in [2.75, 3.05) is 13.7 Å². The quantitative estimate of drug-likeness (QED) is 0.383. The number of methoxy groups -OCH3 is 1. The number of nitrogens with one attached hydrogen (secondary N) is 4. The maximum Gasteiger partial charge on any atom is 0.268 e. The van der Waals surface area contributed by atoms with Gasteiger partial charge < -0.3 is 30.8 Å². The number of benzene rings is 1. The predicted octanol–water partition coefficient (Wildman–Crippen LogP) is -0.354. The van der Waals surface area contributed by atoms with Gasteiger partial charge in [0.25, 0.3) is 5.91 Å². The molecule has 2 heterocycles. The van der Waals surface area contributed by atoms with Crippen molar-refractivity contribution < 1.29 is 24.2 Å². The van der Waals surface area contributed by atoms with Gasteiger partial charge in [-0.25, -0.2) is 0 Å². The maximum atomic E-state index is 12.4. The first-order chi connectivity index (χ1) is 14.7. The molecule has 31 heavy (non-hydrogen) atoms. The van der Waals surface area contributed by atoms with Crippen molar-refractivity contribution in [3.05, 3.63) is 30.0 Å². The fourth-order valence-corrected chi connectivity index (χ4v) is 3.49. The van der Waals surface area contributed by atoms with Crippen molar-refractivity contribution in [3.8, 4) is 11.8 Å². The van der Waals surface area contributed by atoms with E-state index in [-0.39, 0.29) is 31.5 Å². The van der Waals surface area contributed by atoms with Gasteiger partial charge in [0.05, 0.1) is 25.3 Å². The van der Waals surface area contributed by atoms with E-state index in [0.717, 1.165) is 5.39 Å². The number of nitriles is 1. The van der Waals surface area contributed by atoms with Crippen LogP contribution < -0.4 is 20.7 Å². The molecular weight excluding hydrogens is 401 g/mol. The standard InChI is InChI=1S/C20H22BN5O5/c1-31-16-4-2-3-14-13(16)8-15(25-14)19(29)23-10-17(27)24-12(9-22)7-11-5-6-20(21,30)26-18(11)28/h2-4,8,11-12,25,30H,5-7,10H2,1H3,(H,23,29)(H,24,27)(H,26,28)/t11-,12-,20?/m0/s1. The number of H-pyrrole nitrogens is 1. The highest BCUT2D eigenvalue weighted by Crippen LogP contribution is 2.26. The van der Waals surface area contributed by atoms with Gasteiger partial charge >= 0.3 is 0 Å². The van der Waals surface area contributed by atoms with E-state index in [0.29, 0.717) is 11.3 Å². The molecule has 1 aliphatic heterocycles. The number of carbonyl (C=O) groups excluding carboxylic acids is 3. The third kappa shape index (κ3) is 5.35. The summed E-state index contributed by atoms with van der Waals surface area (Å²) in [6.45, 7) is -0.344. The molecule has 5 N–H and O–H groups in total. The Balaban J connectivity index is 1.52. The number of carbonyl (C=O) groups is 3. The highest BCUT2D eigenvalue weighted by Gasteiger charge is 2.35. The number of rotatable bonds is 7. The van der Waals surface area contributed by atoms with Crippen molar-refractivity contribution in [2.24, 2.45) is 5.92 Å². The molecule has 3 rings (SSSR count). The Morgan fingerprint density at radius 1 is 1.48 bits per heavy atom. The fourth-order valence-electron chi connectivity index (χ4n) is 3.49. The molecule has 11 heteroatoms. The van der Waals surface area contributed by atoms with Crippen LogP contribution in [-0.4, -0.2) is 61.0 Å². The third-order valence-corrected chi connectivity index (χ3v) is 5.09. The average molecular weight is 423 g/mol. The maximum absolute atomic E-state index is 12.4. The number of hydrogen-bond donors (Lipinski definition) is 5. The Kier molecular flexibility index (Phi) is 6.51. The number of piperidine rings is 1. The largest absolute Gasteiger partial charge is 0.496 e. The Labute approximate surface area is 179 Å². The van der Waals surface area contributed by atoms with E-state index < -0.39 is 35.3 Å². The minimum Gasteiger partial charge on any atom is -0.496 e. The van der Waals surface area contributed by atoms with Gasteiger partial charge in [-0.15, -0.1) is 0 Å². The summed E-state index contributed by atoms with van der Waals surface area (Å²) in [5.74, 6) is -1.49. The molecule has 0 saturated carbocycles. The summed E-state index contributed by atoms with van der Waals surface area (Å²) in [7, 11) is 7.00. The lowest BCUT2D eigenvalue weighted by Gasteiger charge is -2.35. The van der Waals surface area contributed by atoms with Gasteiger partial charge in [0.2, 0.25) is 11.8 Å². The Bertz CT molecular complexity index is 1040. The molecule has 10 nitrogen and oxygen atoms in total. The minimum atomic E-state index is -1.75. The average Bonchev–Trinajstić information content (AvgIpc) is 3.17. The number of hydrogen-bond acceptors (Lipinski definition) is 6. The summed E-state index contributed by atoms with van der Waals surface area (Å²) >= 11 is 0.